The summed E-state index contributed by atoms with van der Waals surface area (Å²) in [6.07, 6.45) is 2.35. The Bertz CT molecular complexity index is 507. The van der Waals surface area contributed by atoms with Gasteiger partial charge in [0.2, 0.25) is 0 Å². The van der Waals surface area contributed by atoms with Crippen LogP contribution in [-0.2, 0) is 4.79 Å². The summed E-state index contributed by atoms with van der Waals surface area (Å²) in [6.45, 7) is 1.99. The van der Waals surface area contributed by atoms with Crippen LogP contribution < -0.4 is 5.32 Å². The van der Waals surface area contributed by atoms with Gasteiger partial charge in [0.1, 0.15) is 11.8 Å². The highest BCUT2D eigenvalue weighted by Gasteiger charge is 2.24. The number of rotatable bonds is 6. The largest absolute Gasteiger partial charge is 0.480 e. The van der Waals surface area contributed by atoms with E-state index in [1.54, 1.807) is 24.5 Å². The van der Waals surface area contributed by atoms with Crippen molar-refractivity contribution in [2.75, 3.05) is 0 Å². The van der Waals surface area contributed by atoms with E-state index in [4.69, 9.17) is 4.42 Å². The number of aliphatic carboxylic acids is 1. The molecule has 2 aromatic rings. The fourth-order valence-electron chi connectivity index (χ4n) is 2.05. The van der Waals surface area contributed by atoms with Crippen LogP contribution in [0.3, 0.4) is 0 Å². The van der Waals surface area contributed by atoms with E-state index >= 15 is 0 Å². The molecule has 19 heavy (non-hydrogen) atoms. The van der Waals surface area contributed by atoms with Gasteiger partial charge in [-0.05, 0) is 24.1 Å². The molecule has 1 heterocycles. The number of furan rings is 1. The number of hydrogen-bond donors (Lipinski definition) is 2. The molecule has 100 valence electrons. The standard InChI is InChI=1S/C15H17NO3/c1-2-12(13-9-6-10-19-13)16-14(15(17)18)11-7-4-3-5-8-11/h3-10,12,14,16H,2H2,1H3,(H,17,18). The molecular formula is C15H17NO3. The molecule has 4 nitrogen and oxygen atoms in total. The smallest absolute Gasteiger partial charge is 0.325 e. The summed E-state index contributed by atoms with van der Waals surface area (Å²) in [5.74, 6) is -0.138. The van der Waals surface area contributed by atoms with Crippen LogP contribution in [0.25, 0.3) is 0 Å². The Hall–Kier alpha value is -2.07. The Balaban J connectivity index is 2.19. The predicted octanol–water partition coefficient (Wildman–Crippen LogP) is 3.15. The molecule has 0 spiro atoms. The van der Waals surface area contributed by atoms with Crippen LogP contribution >= 0.6 is 0 Å². The molecule has 2 atom stereocenters. The summed E-state index contributed by atoms with van der Waals surface area (Å²) in [4.78, 5) is 11.4. The third kappa shape index (κ3) is 3.23. The highest BCUT2D eigenvalue weighted by atomic mass is 16.4. The van der Waals surface area contributed by atoms with Crippen molar-refractivity contribution in [3.8, 4) is 0 Å². The first kappa shape index (κ1) is 13.4. The molecule has 4 heteroatoms. The van der Waals surface area contributed by atoms with Crippen molar-refractivity contribution in [3.63, 3.8) is 0 Å². The van der Waals surface area contributed by atoms with Gasteiger partial charge in [-0.15, -0.1) is 0 Å². The lowest BCUT2D eigenvalue weighted by Gasteiger charge is -2.21. The summed E-state index contributed by atoms with van der Waals surface area (Å²) in [5.41, 5.74) is 0.736. The Labute approximate surface area is 112 Å². The molecule has 0 saturated heterocycles. The molecule has 1 aromatic carbocycles. The van der Waals surface area contributed by atoms with Crippen molar-refractivity contribution in [1.82, 2.24) is 5.32 Å². The van der Waals surface area contributed by atoms with Crippen LogP contribution in [0.1, 0.15) is 36.8 Å². The van der Waals surface area contributed by atoms with Gasteiger partial charge in [-0.1, -0.05) is 37.3 Å². The van der Waals surface area contributed by atoms with E-state index in [2.05, 4.69) is 5.32 Å². The third-order valence-electron chi connectivity index (χ3n) is 3.04. The lowest BCUT2D eigenvalue weighted by Crippen LogP contribution is -2.31. The van der Waals surface area contributed by atoms with E-state index in [-0.39, 0.29) is 6.04 Å². The number of hydrogen-bond acceptors (Lipinski definition) is 3. The number of carboxylic acid groups (broad SMARTS) is 1. The number of carboxylic acids is 1. The Morgan fingerprint density at radius 3 is 2.53 bits per heavy atom. The minimum atomic E-state index is -0.892. The van der Waals surface area contributed by atoms with Crippen molar-refractivity contribution < 1.29 is 14.3 Å². The predicted molar refractivity (Wildman–Crippen MR) is 71.7 cm³/mol. The van der Waals surface area contributed by atoms with Crippen LogP contribution in [0.4, 0.5) is 0 Å². The molecule has 0 radical (unpaired) electrons. The molecule has 0 aliphatic heterocycles. The van der Waals surface area contributed by atoms with Gasteiger partial charge in [0.15, 0.2) is 0 Å². The minimum Gasteiger partial charge on any atom is -0.480 e. The van der Waals surface area contributed by atoms with E-state index in [1.807, 2.05) is 31.2 Å². The summed E-state index contributed by atoms with van der Waals surface area (Å²) >= 11 is 0. The zero-order valence-electron chi connectivity index (χ0n) is 10.7. The van der Waals surface area contributed by atoms with Gasteiger partial charge in [-0.25, -0.2) is 0 Å². The lowest BCUT2D eigenvalue weighted by molar-refractivity contribution is -0.140. The summed E-state index contributed by atoms with van der Waals surface area (Å²) in [6, 6.07) is 11.9. The van der Waals surface area contributed by atoms with Crippen molar-refractivity contribution in [2.24, 2.45) is 0 Å². The molecule has 0 saturated carbocycles. The van der Waals surface area contributed by atoms with E-state index in [0.29, 0.717) is 0 Å². The van der Waals surface area contributed by atoms with E-state index in [0.717, 1.165) is 17.7 Å². The molecule has 1 aromatic heterocycles. The van der Waals surface area contributed by atoms with Gasteiger partial charge >= 0.3 is 5.97 Å². The first-order valence-corrected chi connectivity index (χ1v) is 6.29. The maximum absolute atomic E-state index is 11.4. The average molecular weight is 259 g/mol. The number of carbonyl (C=O) groups is 1. The number of benzene rings is 1. The molecule has 0 bridgehead atoms. The monoisotopic (exact) mass is 259 g/mol. The van der Waals surface area contributed by atoms with E-state index in [9.17, 15) is 9.90 Å². The van der Waals surface area contributed by atoms with Crippen LogP contribution in [0, 0.1) is 0 Å². The molecule has 0 aliphatic rings. The maximum atomic E-state index is 11.4. The Morgan fingerprint density at radius 1 is 1.26 bits per heavy atom. The maximum Gasteiger partial charge on any atom is 0.325 e. The molecule has 2 unspecified atom stereocenters. The van der Waals surface area contributed by atoms with Gasteiger partial charge in [0.25, 0.3) is 0 Å². The molecule has 0 aliphatic carbocycles. The zero-order valence-corrected chi connectivity index (χ0v) is 10.7. The fourth-order valence-corrected chi connectivity index (χ4v) is 2.05. The van der Waals surface area contributed by atoms with Gasteiger partial charge in [-0.2, -0.15) is 0 Å². The van der Waals surface area contributed by atoms with Crippen LogP contribution in [0.2, 0.25) is 0 Å². The second-order valence-corrected chi connectivity index (χ2v) is 4.32. The third-order valence-corrected chi connectivity index (χ3v) is 3.04. The average Bonchev–Trinajstić information content (AvgIpc) is 2.94. The second-order valence-electron chi connectivity index (χ2n) is 4.32. The Kier molecular flexibility index (Phi) is 4.36. The first-order chi connectivity index (χ1) is 9.22. The van der Waals surface area contributed by atoms with Gasteiger partial charge < -0.3 is 9.52 Å². The van der Waals surface area contributed by atoms with Crippen LogP contribution in [0.5, 0.6) is 0 Å². The summed E-state index contributed by atoms with van der Waals surface area (Å²) < 4.78 is 5.35. The molecular weight excluding hydrogens is 242 g/mol. The number of nitrogens with one attached hydrogen (secondary N) is 1. The quantitative estimate of drug-likeness (QED) is 0.836. The topological polar surface area (TPSA) is 62.5 Å². The van der Waals surface area contributed by atoms with E-state index < -0.39 is 12.0 Å². The first-order valence-electron chi connectivity index (χ1n) is 6.29. The van der Waals surface area contributed by atoms with Crippen LogP contribution in [-0.4, -0.2) is 11.1 Å². The van der Waals surface area contributed by atoms with Gasteiger partial charge in [0, 0.05) is 0 Å². The molecule has 2 N–H and O–H groups in total. The van der Waals surface area contributed by atoms with Crippen molar-refractivity contribution >= 4 is 5.97 Å². The Morgan fingerprint density at radius 2 is 2.00 bits per heavy atom. The lowest BCUT2D eigenvalue weighted by atomic mass is 10.0. The molecule has 0 fully saturated rings. The van der Waals surface area contributed by atoms with Crippen molar-refractivity contribution in [3.05, 3.63) is 60.1 Å². The van der Waals surface area contributed by atoms with Gasteiger partial charge in [0.05, 0.1) is 12.3 Å². The second kappa shape index (κ2) is 6.20. The van der Waals surface area contributed by atoms with Crippen molar-refractivity contribution in [1.29, 1.82) is 0 Å². The zero-order chi connectivity index (χ0) is 13.7. The molecule has 2 rings (SSSR count). The fraction of sp³-hybridized carbons (Fsp3) is 0.267. The van der Waals surface area contributed by atoms with Crippen molar-refractivity contribution in [2.45, 2.75) is 25.4 Å². The SMILES string of the molecule is CCC(NC(C(=O)O)c1ccccc1)c1ccco1. The van der Waals surface area contributed by atoms with E-state index in [1.165, 1.54) is 0 Å². The molecule has 0 amide bonds. The highest BCUT2D eigenvalue weighted by Crippen LogP contribution is 2.22. The van der Waals surface area contributed by atoms with Gasteiger partial charge in [-0.3, -0.25) is 10.1 Å². The minimum absolute atomic E-state index is 0.115. The normalized spacial score (nSPS) is 13.9. The summed E-state index contributed by atoms with van der Waals surface area (Å²) in [5, 5.41) is 12.5. The highest BCUT2D eigenvalue weighted by molar-refractivity contribution is 5.75. The summed E-state index contributed by atoms with van der Waals surface area (Å²) in [7, 11) is 0. The van der Waals surface area contributed by atoms with Crippen LogP contribution in [0.15, 0.2) is 53.1 Å².